The van der Waals surface area contributed by atoms with Crippen LogP contribution in [0.2, 0.25) is 0 Å². The van der Waals surface area contributed by atoms with E-state index < -0.39 is 0 Å². The Labute approximate surface area is 147 Å². The molecule has 0 saturated carbocycles. The van der Waals surface area contributed by atoms with E-state index in [1.54, 1.807) is 0 Å². The van der Waals surface area contributed by atoms with E-state index >= 15 is 0 Å². The Bertz CT molecular complexity index is 395. The average molecular weight is 343 g/mol. The molecule has 0 aliphatic carbocycles. The second-order valence-electron chi connectivity index (χ2n) is 9.92. The molecule has 0 amide bonds. The summed E-state index contributed by atoms with van der Waals surface area (Å²) in [4.78, 5) is 0. The van der Waals surface area contributed by atoms with Crippen LogP contribution < -0.4 is 0 Å². The van der Waals surface area contributed by atoms with Crippen molar-refractivity contribution >= 4 is 0 Å². The molecule has 2 saturated heterocycles. The molecule has 2 heterocycles. The summed E-state index contributed by atoms with van der Waals surface area (Å²) in [6.45, 7) is 13.7. The number of aliphatic hydroxyl groups is 2. The highest BCUT2D eigenvalue weighted by atomic mass is 16.5. The summed E-state index contributed by atoms with van der Waals surface area (Å²) in [5, 5.41) is 19.2. The molecule has 6 atom stereocenters. The molecule has 0 spiro atoms. The fourth-order valence-electron chi connectivity index (χ4n) is 4.60. The van der Waals surface area contributed by atoms with Crippen molar-refractivity contribution in [1.29, 1.82) is 0 Å². The van der Waals surface area contributed by atoms with Crippen molar-refractivity contribution in [2.24, 2.45) is 22.7 Å². The molecule has 142 valence electrons. The van der Waals surface area contributed by atoms with Gasteiger partial charge in [0.25, 0.3) is 0 Å². The van der Waals surface area contributed by atoms with E-state index in [0.29, 0.717) is 11.8 Å². The number of rotatable bonds is 3. The second kappa shape index (κ2) is 7.61. The van der Waals surface area contributed by atoms with Gasteiger partial charge >= 0.3 is 0 Å². The van der Waals surface area contributed by atoms with Crippen LogP contribution in [0.25, 0.3) is 0 Å². The maximum atomic E-state index is 9.61. The molecule has 2 fully saturated rings. The summed E-state index contributed by atoms with van der Waals surface area (Å²) >= 11 is 0. The van der Waals surface area contributed by atoms with Gasteiger partial charge in [-0.25, -0.2) is 0 Å². The largest absolute Gasteiger partial charge is 0.394 e. The maximum absolute atomic E-state index is 9.61. The summed E-state index contributed by atoms with van der Waals surface area (Å²) in [6.07, 6.45) is 3.99. The fraction of sp³-hybridized carbons (Fsp3) is 1.00. The molecule has 0 bridgehead atoms. The van der Waals surface area contributed by atoms with Gasteiger partial charge in [-0.05, 0) is 42.4 Å². The Hall–Kier alpha value is -0.160. The fourth-order valence-corrected chi connectivity index (χ4v) is 4.60. The average Bonchev–Trinajstić information content (AvgIpc) is 2.52. The smallest absolute Gasteiger partial charge is 0.0810 e. The molecule has 2 rings (SSSR count). The van der Waals surface area contributed by atoms with Gasteiger partial charge in [-0.1, -0.05) is 41.5 Å². The van der Waals surface area contributed by atoms with Gasteiger partial charge in [-0.3, -0.25) is 0 Å². The molecule has 2 aliphatic rings. The molecule has 4 heteroatoms. The van der Waals surface area contributed by atoms with Gasteiger partial charge < -0.3 is 19.7 Å². The molecule has 4 nitrogen and oxygen atoms in total. The first kappa shape index (κ1) is 20.2. The number of hydrogen-bond acceptors (Lipinski definition) is 4. The van der Waals surface area contributed by atoms with Crippen LogP contribution in [0.5, 0.6) is 0 Å². The van der Waals surface area contributed by atoms with Gasteiger partial charge in [0.15, 0.2) is 0 Å². The summed E-state index contributed by atoms with van der Waals surface area (Å²) in [5.41, 5.74) is 0.164. The molecular weight excluding hydrogens is 304 g/mol. The Morgan fingerprint density at radius 3 is 1.79 bits per heavy atom. The summed E-state index contributed by atoms with van der Waals surface area (Å²) in [6, 6.07) is 0. The van der Waals surface area contributed by atoms with E-state index in [0.717, 1.165) is 25.7 Å². The molecule has 0 radical (unpaired) electrons. The lowest BCUT2D eigenvalue weighted by Gasteiger charge is -2.52. The predicted molar refractivity (Wildman–Crippen MR) is 95.9 cm³/mol. The van der Waals surface area contributed by atoms with Crippen LogP contribution in [0.15, 0.2) is 0 Å². The van der Waals surface area contributed by atoms with Crippen LogP contribution >= 0.6 is 0 Å². The molecule has 0 aromatic carbocycles. The van der Waals surface area contributed by atoms with Crippen LogP contribution in [0, 0.1) is 22.7 Å². The highest BCUT2D eigenvalue weighted by molar-refractivity contribution is 4.97. The van der Waals surface area contributed by atoms with Gasteiger partial charge in [0.1, 0.15) is 0 Å². The maximum Gasteiger partial charge on any atom is 0.0810 e. The highest BCUT2D eigenvalue weighted by Gasteiger charge is 2.49. The van der Waals surface area contributed by atoms with E-state index in [4.69, 9.17) is 9.47 Å². The van der Waals surface area contributed by atoms with Crippen molar-refractivity contribution in [3.05, 3.63) is 0 Å². The first-order valence-corrected chi connectivity index (χ1v) is 9.60. The number of hydrogen-bond donors (Lipinski definition) is 2. The second-order valence-corrected chi connectivity index (χ2v) is 9.92. The van der Waals surface area contributed by atoms with Crippen molar-refractivity contribution < 1.29 is 19.7 Å². The summed E-state index contributed by atoms with van der Waals surface area (Å²) in [5.74, 6) is 0.774. The quantitative estimate of drug-likeness (QED) is 0.825. The van der Waals surface area contributed by atoms with Crippen molar-refractivity contribution in [2.75, 3.05) is 13.2 Å². The lowest BCUT2D eigenvalue weighted by Crippen LogP contribution is -2.55. The third-order valence-corrected chi connectivity index (χ3v) is 5.89. The molecule has 2 aliphatic heterocycles. The van der Waals surface area contributed by atoms with E-state index in [2.05, 4.69) is 41.5 Å². The standard InChI is InChI=1S/C20H38O4/c1-19(2,3)16-10-8-13(11-21)23-17(16)15-9-7-14(12-22)24-18(15)20(4,5)6/h13-18,21-22H,7-12H2,1-6H3. The van der Waals surface area contributed by atoms with E-state index in [1.165, 1.54) is 0 Å². The van der Waals surface area contributed by atoms with Gasteiger partial charge in [-0.15, -0.1) is 0 Å². The lowest BCUT2D eigenvalue weighted by atomic mass is 9.65. The molecule has 2 N–H and O–H groups in total. The normalized spacial score (nSPS) is 39.0. The van der Waals surface area contributed by atoms with Gasteiger partial charge in [-0.2, -0.15) is 0 Å². The number of aliphatic hydroxyl groups excluding tert-OH is 2. The minimum atomic E-state index is -0.0595. The minimum absolute atomic E-state index is 0.00351. The Morgan fingerprint density at radius 2 is 1.29 bits per heavy atom. The van der Waals surface area contributed by atoms with Crippen LogP contribution in [0.4, 0.5) is 0 Å². The SMILES string of the molecule is CC(C)(C)C1CCC(CO)OC1C1CCC(CO)OC1C(C)(C)C. The van der Waals surface area contributed by atoms with E-state index in [9.17, 15) is 10.2 Å². The molecule has 0 aromatic rings. The zero-order valence-corrected chi connectivity index (χ0v) is 16.4. The first-order valence-electron chi connectivity index (χ1n) is 9.60. The molecular formula is C20H38O4. The van der Waals surface area contributed by atoms with Crippen molar-refractivity contribution in [3.8, 4) is 0 Å². The van der Waals surface area contributed by atoms with Gasteiger partial charge in [0, 0.05) is 5.92 Å². The lowest BCUT2D eigenvalue weighted by molar-refractivity contribution is -0.214. The zero-order chi connectivity index (χ0) is 18.1. The summed E-state index contributed by atoms with van der Waals surface area (Å²) < 4.78 is 12.7. The molecule has 24 heavy (non-hydrogen) atoms. The van der Waals surface area contributed by atoms with E-state index in [1.807, 2.05) is 0 Å². The monoisotopic (exact) mass is 342 g/mol. The molecule has 6 unspecified atom stereocenters. The predicted octanol–water partition coefficient (Wildman–Crippen LogP) is 3.39. The van der Waals surface area contributed by atoms with Gasteiger partial charge in [0.2, 0.25) is 0 Å². The highest BCUT2D eigenvalue weighted by Crippen LogP contribution is 2.47. The van der Waals surface area contributed by atoms with Crippen molar-refractivity contribution in [1.82, 2.24) is 0 Å². The Morgan fingerprint density at radius 1 is 0.750 bits per heavy atom. The summed E-state index contributed by atoms with van der Waals surface area (Å²) in [7, 11) is 0. The Kier molecular flexibility index (Phi) is 6.39. The van der Waals surface area contributed by atoms with Crippen LogP contribution in [-0.2, 0) is 9.47 Å². The van der Waals surface area contributed by atoms with Gasteiger partial charge in [0.05, 0.1) is 37.6 Å². The van der Waals surface area contributed by atoms with Crippen LogP contribution in [0.3, 0.4) is 0 Å². The van der Waals surface area contributed by atoms with E-state index in [-0.39, 0.29) is 48.5 Å². The third kappa shape index (κ3) is 4.51. The van der Waals surface area contributed by atoms with Crippen LogP contribution in [0.1, 0.15) is 67.2 Å². The van der Waals surface area contributed by atoms with Crippen LogP contribution in [-0.4, -0.2) is 47.8 Å². The van der Waals surface area contributed by atoms with Crippen molar-refractivity contribution in [3.63, 3.8) is 0 Å². The topological polar surface area (TPSA) is 58.9 Å². The Balaban J connectivity index is 2.28. The third-order valence-electron chi connectivity index (χ3n) is 5.89. The number of ether oxygens (including phenoxy) is 2. The zero-order valence-electron chi connectivity index (χ0n) is 16.4. The first-order chi connectivity index (χ1) is 11.1. The minimum Gasteiger partial charge on any atom is -0.394 e. The van der Waals surface area contributed by atoms with Crippen molar-refractivity contribution in [2.45, 2.75) is 91.6 Å². The molecule has 0 aromatic heterocycles.